The Labute approximate surface area is 155 Å². The molecule has 0 aliphatic carbocycles. The molecule has 136 valence electrons. The zero-order chi connectivity index (χ0) is 18.8. The summed E-state index contributed by atoms with van der Waals surface area (Å²) in [7, 11) is 3.37. The van der Waals surface area contributed by atoms with Gasteiger partial charge < -0.3 is 15.0 Å². The van der Waals surface area contributed by atoms with Crippen molar-refractivity contribution in [1.29, 1.82) is 0 Å². The molecule has 7 nitrogen and oxygen atoms in total. The number of halogens is 1. The highest BCUT2D eigenvalue weighted by molar-refractivity contribution is 6.35. The number of amides is 1. The molecule has 0 bridgehead atoms. The van der Waals surface area contributed by atoms with E-state index < -0.39 is 10.8 Å². The molecule has 0 aromatic heterocycles. The van der Waals surface area contributed by atoms with Gasteiger partial charge in [-0.15, -0.1) is 0 Å². The molecule has 2 aromatic rings. The Bertz CT molecular complexity index is 885. The maximum Gasteiger partial charge on any atom is 0.291 e. The van der Waals surface area contributed by atoms with Crippen LogP contribution in [0.1, 0.15) is 21.5 Å². The van der Waals surface area contributed by atoms with Crippen molar-refractivity contribution >= 4 is 28.9 Å². The minimum absolute atomic E-state index is 0.0112. The summed E-state index contributed by atoms with van der Waals surface area (Å²) in [5.41, 5.74) is 2.85. The summed E-state index contributed by atoms with van der Waals surface area (Å²) in [5.74, 6) is -0.436. The molecule has 1 N–H and O–H groups in total. The number of nitrogens with zero attached hydrogens (tertiary/aromatic N) is 2. The van der Waals surface area contributed by atoms with Crippen molar-refractivity contribution in [3.63, 3.8) is 0 Å². The topological polar surface area (TPSA) is 84.7 Å². The van der Waals surface area contributed by atoms with Crippen molar-refractivity contribution in [1.82, 2.24) is 4.90 Å². The van der Waals surface area contributed by atoms with E-state index in [2.05, 4.69) is 17.3 Å². The minimum Gasteiger partial charge on any atom is -0.494 e. The van der Waals surface area contributed by atoms with Crippen molar-refractivity contribution in [3.05, 3.63) is 62.2 Å². The summed E-state index contributed by atoms with van der Waals surface area (Å²) in [6, 6.07) is 8.34. The van der Waals surface area contributed by atoms with E-state index in [9.17, 15) is 14.9 Å². The Hall–Kier alpha value is -2.64. The summed E-state index contributed by atoms with van der Waals surface area (Å²) in [6.45, 7) is 1.73. The molecule has 8 heteroatoms. The molecular formula is C18H18ClN3O4. The van der Waals surface area contributed by atoms with Crippen molar-refractivity contribution in [2.75, 3.05) is 26.0 Å². The van der Waals surface area contributed by atoms with Crippen LogP contribution >= 0.6 is 11.6 Å². The molecule has 2 aromatic carbocycles. The molecule has 0 unspecified atom stereocenters. The lowest BCUT2D eigenvalue weighted by Crippen LogP contribution is -2.27. The van der Waals surface area contributed by atoms with Crippen LogP contribution in [0.5, 0.6) is 5.75 Å². The van der Waals surface area contributed by atoms with Gasteiger partial charge in [0.25, 0.3) is 11.6 Å². The van der Waals surface area contributed by atoms with Crippen LogP contribution in [-0.4, -0.2) is 36.4 Å². The van der Waals surface area contributed by atoms with Crippen molar-refractivity contribution < 1.29 is 14.5 Å². The Morgan fingerprint density at radius 3 is 2.81 bits per heavy atom. The Morgan fingerprint density at radius 2 is 2.12 bits per heavy atom. The molecule has 1 aliphatic rings. The van der Waals surface area contributed by atoms with Gasteiger partial charge in [-0.1, -0.05) is 23.7 Å². The number of fused-ring (bicyclic) bond motifs is 1. The van der Waals surface area contributed by atoms with Gasteiger partial charge in [0, 0.05) is 24.8 Å². The van der Waals surface area contributed by atoms with E-state index in [0.29, 0.717) is 0 Å². The molecule has 3 rings (SSSR count). The van der Waals surface area contributed by atoms with Gasteiger partial charge in [-0.3, -0.25) is 14.9 Å². The molecule has 0 spiro atoms. The minimum atomic E-state index is -0.614. The van der Waals surface area contributed by atoms with Crippen LogP contribution < -0.4 is 10.1 Å². The quantitative estimate of drug-likeness (QED) is 0.653. The fourth-order valence-corrected chi connectivity index (χ4v) is 3.43. The predicted molar refractivity (Wildman–Crippen MR) is 99.1 cm³/mol. The van der Waals surface area contributed by atoms with Crippen LogP contribution in [0.3, 0.4) is 0 Å². The van der Waals surface area contributed by atoms with E-state index >= 15 is 0 Å². The third-order valence-electron chi connectivity index (χ3n) is 4.43. The zero-order valence-electron chi connectivity index (χ0n) is 14.4. The number of anilines is 1. The lowest BCUT2D eigenvalue weighted by atomic mass is 9.98. The average Bonchev–Trinajstić information content (AvgIpc) is 2.60. The highest BCUT2D eigenvalue weighted by atomic mass is 35.5. The molecule has 0 saturated heterocycles. The maximum absolute atomic E-state index is 12.7. The van der Waals surface area contributed by atoms with E-state index in [-0.39, 0.29) is 22.0 Å². The molecular weight excluding hydrogens is 358 g/mol. The summed E-state index contributed by atoms with van der Waals surface area (Å²) < 4.78 is 5.15. The second-order valence-electron chi connectivity index (χ2n) is 6.12. The van der Waals surface area contributed by atoms with Gasteiger partial charge >= 0.3 is 0 Å². The molecule has 0 fully saturated rings. The number of rotatable bonds is 4. The molecule has 0 radical (unpaired) electrons. The van der Waals surface area contributed by atoms with Gasteiger partial charge in [0.2, 0.25) is 0 Å². The van der Waals surface area contributed by atoms with E-state index in [4.69, 9.17) is 16.3 Å². The first-order valence-electron chi connectivity index (χ1n) is 8.04. The number of nitrogens with one attached hydrogen (secondary N) is 1. The number of nitro groups is 1. The predicted octanol–water partition coefficient (Wildman–Crippen LogP) is 3.50. The summed E-state index contributed by atoms with van der Waals surface area (Å²) in [5, 5.41) is 13.7. The normalized spacial score (nSPS) is 13.8. The largest absolute Gasteiger partial charge is 0.494 e. The third-order valence-corrected chi connectivity index (χ3v) is 4.79. The number of benzene rings is 2. The standard InChI is InChI=1S/C18H18ClN3O4/c1-21-9-8-12-11(10-21)4-3-5-14(12)20-18(23)13-6-7-15(22(24)25)16(19)17(13)26-2/h3-7H,8-10H2,1-2H3,(H,20,23). The third kappa shape index (κ3) is 3.36. The number of nitro benzene ring substituents is 1. The number of ether oxygens (including phenoxy) is 1. The maximum atomic E-state index is 12.7. The second-order valence-corrected chi connectivity index (χ2v) is 6.50. The lowest BCUT2D eigenvalue weighted by molar-refractivity contribution is -0.384. The highest BCUT2D eigenvalue weighted by Crippen LogP contribution is 2.37. The molecule has 0 atom stereocenters. The van der Waals surface area contributed by atoms with E-state index in [1.165, 1.54) is 24.8 Å². The van der Waals surface area contributed by atoms with Crippen LogP contribution in [0.4, 0.5) is 11.4 Å². The first-order chi connectivity index (χ1) is 12.4. The number of hydrogen-bond donors (Lipinski definition) is 1. The van der Waals surface area contributed by atoms with Gasteiger partial charge in [-0.2, -0.15) is 0 Å². The van der Waals surface area contributed by atoms with Crippen LogP contribution in [0.25, 0.3) is 0 Å². The fraction of sp³-hybridized carbons (Fsp3) is 0.278. The number of carbonyl (C=O) groups is 1. The van der Waals surface area contributed by atoms with Crippen LogP contribution in [0, 0.1) is 10.1 Å². The SMILES string of the molecule is COc1c(C(=O)Nc2cccc3c2CCN(C)C3)ccc([N+](=O)[O-])c1Cl. The van der Waals surface area contributed by atoms with Crippen LogP contribution in [-0.2, 0) is 13.0 Å². The van der Waals surface area contributed by atoms with Crippen molar-refractivity contribution in [3.8, 4) is 5.75 Å². The Kier molecular flexibility index (Phi) is 5.11. The summed E-state index contributed by atoms with van der Waals surface area (Å²) >= 11 is 6.04. The average molecular weight is 376 g/mol. The number of methoxy groups -OCH3 is 1. The first-order valence-corrected chi connectivity index (χ1v) is 8.41. The highest BCUT2D eigenvalue weighted by Gasteiger charge is 2.24. The number of likely N-dealkylation sites (N-methyl/N-ethyl adjacent to an activating group) is 1. The summed E-state index contributed by atoms with van der Waals surface area (Å²) in [6.07, 6.45) is 0.834. The van der Waals surface area contributed by atoms with E-state index in [1.54, 1.807) is 0 Å². The molecule has 0 saturated carbocycles. The Morgan fingerprint density at radius 1 is 1.35 bits per heavy atom. The smallest absolute Gasteiger partial charge is 0.291 e. The molecule has 1 aliphatic heterocycles. The van der Waals surface area contributed by atoms with Gasteiger partial charge in [-0.25, -0.2) is 0 Å². The molecule has 26 heavy (non-hydrogen) atoms. The number of carbonyl (C=O) groups excluding carboxylic acids is 1. The van der Waals surface area contributed by atoms with E-state index in [1.807, 2.05) is 18.2 Å². The molecule has 1 amide bonds. The summed E-state index contributed by atoms with van der Waals surface area (Å²) in [4.78, 5) is 25.4. The van der Waals surface area contributed by atoms with Gasteiger partial charge in [0.1, 0.15) is 0 Å². The van der Waals surface area contributed by atoms with Gasteiger partial charge in [-0.05, 0) is 36.7 Å². The van der Waals surface area contributed by atoms with Crippen LogP contribution in [0.15, 0.2) is 30.3 Å². The Balaban J connectivity index is 1.94. The monoisotopic (exact) mass is 375 g/mol. The van der Waals surface area contributed by atoms with Gasteiger partial charge in [0.15, 0.2) is 10.8 Å². The van der Waals surface area contributed by atoms with Crippen molar-refractivity contribution in [2.45, 2.75) is 13.0 Å². The fourth-order valence-electron chi connectivity index (χ4n) is 3.12. The number of hydrogen-bond acceptors (Lipinski definition) is 5. The first kappa shape index (κ1) is 18.2. The second kappa shape index (κ2) is 7.31. The molecule has 1 heterocycles. The van der Waals surface area contributed by atoms with E-state index in [0.717, 1.165) is 30.8 Å². The van der Waals surface area contributed by atoms with Gasteiger partial charge in [0.05, 0.1) is 17.6 Å². The zero-order valence-corrected chi connectivity index (χ0v) is 15.2. The lowest BCUT2D eigenvalue weighted by Gasteiger charge is -2.26. The van der Waals surface area contributed by atoms with Crippen molar-refractivity contribution in [2.24, 2.45) is 0 Å². The van der Waals surface area contributed by atoms with Crippen LogP contribution in [0.2, 0.25) is 5.02 Å².